The van der Waals surface area contributed by atoms with Crippen LogP contribution in [0.2, 0.25) is 0 Å². The Labute approximate surface area is 135 Å². The Hall–Kier alpha value is -2.69. The van der Waals surface area contributed by atoms with Gasteiger partial charge in [0.1, 0.15) is 12.0 Å². The summed E-state index contributed by atoms with van der Waals surface area (Å²) in [4.78, 5) is 7.01. The molecule has 23 heavy (non-hydrogen) atoms. The maximum atomic E-state index is 10.1. The fourth-order valence-electron chi connectivity index (χ4n) is 3.28. The van der Waals surface area contributed by atoms with Gasteiger partial charge in [-0.15, -0.1) is 0 Å². The molecule has 0 aliphatic carbocycles. The zero-order chi connectivity index (χ0) is 15.8. The number of nitrogens with zero attached hydrogens (tertiary/aromatic N) is 2. The molecule has 0 saturated carbocycles. The highest BCUT2D eigenvalue weighted by molar-refractivity contribution is 6.05. The molecule has 0 spiro atoms. The Morgan fingerprint density at radius 1 is 1.26 bits per heavy atom. The maximum Gasteiger partial charge on any atom is 0.160 e. The number of para-hydroxylation sites is 1. The molecule has 2 N–H and O–H groups in total. The second-order valence-electron chi connectivity index (χ2n) is 5.78. The van der Waals surface area contributed by atoms with E-state index in [4.69, 9.17) is 9.73 Å². The van der Waals surface area contributed by atoms with Gasteiger partial charge in [-0.3, -0.25) is 4.99 Å². The van der Waals surface area contributed by atoms with E-state index >= 15 is 0 Å². The van der Waals surface area contributed by atoms with E-state index in [0.29, 0.717) is 5.75 Å². The third-order valence-electron chi connectivity index (χ3n) is 4.38. The summed E-state index contributed by atoms with van der Waals surface area (Å²) in [7, 11) is 1.55. The number of methoxy groups -OCH3 is 1. The molecule has 4 rings (SSSR count). The Kier molecular flexibility index (Phi) is 3.33. The zero-order valence-electron chi connectivity index (χ0n) is 13.0. The number of aliphatic imine (C=N–C) groups is 1. The number of aromatic hydroxyl groups is 1. The van der Waals surface area contributed by atoms with E-state index in [9.17, 15) is 5.11 Å². The SMILES string of the molecule is COc1ccc([C@H]2Nc3ccccc3C3=NCCCN32)cc1O. The van der Waals surface area contributed by atoms with Crippen LogP contribution in [0.4, 0.5) is 5.69 Å². The van der Waals surface area contributed by atoms with Crippen molar-refractivity contribution in [2.45, 2.75) is 12.6 Å². The lowest BCUT2D eigenvalue weighted by atomic mass is 10.0. The highest BCUT2D eigenvalue weighted by Crippen LogP contribution is 2.37. The van der Waals surface area contributed by atoms with Crippen molar-refractivity contribution in [3.05, 3.63) is 53.6 Å². The van der Waals surface area contributed by atoms with Crippen LogP contribution in [-0.4, -0.2) is 36.0 Å². The average Bonchev–Trinajstić information content (AvgIpc) is 2.61. The molecule has 2 aliphatic rings. The van der Waals surface area contributed by atoms with Gasteiger partial charge >= 0.3 is 0 Å². The second-order valence-corrected chi connectivity index (χ2v) is 5.78. The van der Waals surface area contributed by atoms with Crippen molar-refractivity contribution in [2.75, 3.05) is 25.5 Å². The molecule has 0 radical (unpaired) electrons. The van der Waals surface area contributed by atoms with Gasteiger partial charge in [0, 0.05) is 24.3 Å². The van der Waals surface area contributed by atoms with E-state index in [1.165, 1.54) is 0 Å². The average molecular weight is 309 g/mol. The van der Waals surface area contributed by atoms with Crippen molar-refractivity contribution in [3.63, 3.8) is 0 Å². The fourth-order valence-corrected chi connectivity index (χ4v) is 3.28. The van der Waals surface area contributed by atoms with Crippen molar-refractivity contribution < 1.29 is 9.84 Å². The first-order valence-corrected chi connectivity index (χ1v) is 7.82. The van der Waals surface area contributed by atoms with Crippen molar-refractivity contribution in [2.24, 2.45) is 4.99 Å². The van der Waals surface area contributed by atoms with E-state index in [0.717, 1.165) is 42.2 Å². The minimum absolute atomic E-state index is 0.0410. The standard InChI is InChI=1S/C18H19N3O2/c1-23-16-8-7-12(11-15(16)22)17-20-14-6-3-2-5-13(14)18-19-9-4-10-21(17)18/h2-3,5-8,11,17,20,22H,4,9-10H2,1H3/t17-/m0/s1. The van der Waals surface area contributed by atoms with Gasteiger partial charge in [-0.05, 0) is 36.2 Å². The molecule has 5 heteroatoms. The lowest BCUT2D eigenvalue weighted by Gasteiger charge is -2.42. The van der Waals surface area contributed by atoms with Gasteiger partial charge in [-0.25, -0.2) is 0 Å². The second kappa shape index (κ2) is 5.50. The molecular formula is C18H19N3O2. The number of benzene rings is 2. The number of amidine groups is 1. The van der Waals surface area contributed by atoms with E-state index < -0.39 is 0 Å². The van der Waals surface area contributed by atoms with E-state index in [1.54, 1.807) is 19.2 Å². The van der Waals surface area contributed by atoms with Crippen LogP contribution in [0, 0.1) is 0 Å². The summed E-state index contributed by atoms with van der Waals surface area (Å²) in [5.41, 5.74) is 3.21. The third-order valence-corrected chi connectivity index (χ3v) is 4.38. The molecule has 0 saturated heterocycles. The van der Waals surface area contributed by atoms with Crippen molar-refractivity contribution in [3.8, 4) is 11.5 Å². The quantitative estimate of drug-likeness (QED) is 0.895. The van der Waals surface area contributed by atoms with Gasteiger partial charge in [0.15, 0.2) is 11.5 Å². The molecule has 2 aromatic rings. The Balaban J connectivity index is 1.79. The number of phenolic OH excluding ortho intramolecular Hbond substituents is 1. The predicted molar refractivity (Wildman–Crippen MR) is 90.2 cm³/mol. The van der Waals surface area contributed by atoms with Gasteiger partial charge in [0.05, 0.1) is 7.11 Å². The number of ether oxygens (including phenoxy) is 1. The molecule has 118 valence electrons. The van der Waals surface area contributed by atoms with Crippen LogP contribution in [0.5, 0.6) is 11.5 Å². The molecule has 0 bridgehead atoms. The molecule has 5 nitrogen and oxygen atoms in total. The number of hydrogen-bond donors (Lipinski definition) is 2. The predicted octanol–water partition coefficient (Wildman–Crippen LogP) is 2.98. The van der Waals surface area contributed by atoms with Crippen LogP contribution in [0.15, 0.2) is 47.5 Å². The molecule has 1 atom stereocenters. The Morgan fingerprint density at radius 2 is 2.13 bits per heavy atom. The molecule has 0 aromatic heterocycles. The molecule has 0 amide bonds. The topological polar surface area (TPSA) is 57.1 Å². The third kappa shape index (κ3) is 2.29. The van der Waals surface area contributed by atoms with Crippen LogP contribution in [0.1, 0.15) is 23.7 Å². The summed E-state index contributed by atoms with van der Waals surface area (Å²) in [6.45, 7) is 1.80. The minimum atomic E-state index is -0.0410. The molecule has 0 fully saturated rings. The molecule has 2 aromatic carbocycles. The van der Waals surface area contributed by atoms with E-state index in [1.807, 2.05) is 18.2 Å². The highest BCUT2D eigenvalue weighted by atomic mass is 16.5. The van der Waals surface area contributed by atoms with Crippen LogP contribution >= 0.6 is 0 Å². The minimum Gasteiger partial charge on any atom is -0.504 e. The van der Waals surface area contributed by atoms with Crippen LogP contribution < -0.4 is 10.1 Å². The van der Waals surface area contributed by atoms with Crippen LogP contribution in [0.3, 0.4) is 0 Å². The van der Waals surface area contributed by atoms with Gasteiger partial charge in [0.2, 0.25) is 0 Å². The number of fused-ring (bicyclic) bond motifs is 3. The summed E-state index contributed by atoms with van der Waals surface area (Å²) < 4.78 is 5.14. The summed E-state index contributed by atoms with van der Waals surface area (Å²) in [5, 5.41) is 13.7. The number of rotatable bonds is 2. The van der Waals surface area contributed by atoms with Crippen molar-refractivity contribution in [1.29, 1.82) is 0 Å². The van der Waals surface area contributed by atoms with E-state index in [-0.39, 0.29) is 11.9 Å². The number of nitrogens with one attached hydrogen (secondary N) is 1. The molecule has 2 aliphatic heterocycles. The van der Waals surface area contributed by atoms with Crippen LogP contribution in [-0.2, 0) is 0 Å². The monoisotopic (exact) mass is 309 g/mol. The Morgan fingerprint density at radius 3 is 2.96 bits per heavy atom. The zero-order valence-corrected chi connectivity index (χ0v) is 13.0. The largest absolute Gasteiger partial charge is 0.504 e. The summed E-state index contributed by atoms with van der Waals surface area (Å²) in [5.74, 6) is 1.67. The number of anilines is 1. The van der Waals surface area contributed by atoms with Crippen molar-refractivity contribution in [1.82, 2.24) is 4.90 Å². The number of hydrogen-bond acceptors (Lipinski definition) is 5. The maximum absolute atomic E-state index is 10.1. The highest BCUT2D eigenvalue weighted by Gasteiger charge is 2.32. The summed E-state index contributed by atoms with van der Waals surface area (Å²) >= 11 is 0. The molecule has 2 heterocycles. The van der Waals surface area contributed by atoms with E-state index in [2.05, 4.69) is 22.3 Å². The fraction of sp³-hybridized carbons (Fsp3) is 0.278. The van der Waals surface area contributed by atoms with Gasteiger partial charge in [0.25, 0.3) is 0 Å². The summed E-state index contributed by atoms with van der Waals surface area (Å²) in [6, 6.07) is 13.8. The van der Waals surface area contributed by atoms with Crippen molar-refractivity contribution >= 4 is 11.5 Å². The lowest BCUT2D eigenvalue weighted by molar-refractivity contribution is 0.320. The first-order chi connectivity index (χ1) is 11.3. The number of phenols is 1. The lowest BCUT2D eigenvalue weighted by Crippen LogP contribution is -2.45. The van der Waals surface area contributed by atoms with Gasteiger partial charge < -0.3 is 20.1 Å². The molecular weight excluding hydrogens is 290 g/mol. The normalized spacial score (nSPS) is 19.3. The van der Waals surface area contributed by atoms with Gasteiger partial charge in [-0.2, -0.15) is 0 Å². The molecule has 0 unspecified atom stereocenters. The summed E-state index contributed by atoms with van der Waals surface area (Å²) in [6.07, 6.45) is 0.993. The van der Waals surface area contributed by atoms with Crippen LogP contribution in [0.25, 0.3) is 0 Å². The smallest absolute Gasteiger partial charge is 0.160 e. The Bertz CT molecular complexity index is 773. The first-order valence-electron chi connectivity index (χ1n) is 7.82. The van der Waals surface area contributed by atoms with Gasteiger partial charge in [-0.1, -0.05) is 18.2 Å². The first kappa shape index (κ1) is 13.9.